The quantitative estimate of drug-likeness (QED) is 0.779. The SMILES string of the molecule is CCNc1cc(S(=O)(=O)N(CCO)C(C)C)ccn1. The number of nitrogens with zero attached hydrogens (tertiary/aromatic N) is 2. The Morgan fingerprint density at radius 1 is 1.47 bits per heavy atom. The van der Waals surface area contributed by atoms with Gasteiger partial charge in [-0.25, -0.2) is 13.4 Å². The topological polar surface area (TPSA) is 82.5 Å². The summed E-state index contributed by atoms with van der Waals surface area (Å²) in [4.78, 5) is 4.23. The molecular formula is C12H21N3O3S. The van der Waals surface area contributed by atoms with Crippen LogP contribution in [0.25, 0.3) is 0 Å². The highest BCUT2D eigenvalue weighted by Gasteiger charge is 2.26. The number of aliphatic hydroxyl groups excluding tert-OH is 1. The van der Waals surface area contributed by atoms with Gasteiger partial charge in [-0.3, -0.25) is 0 Å². The van der Waals surface area contributed by atoms with E-state index in [2.05, 4.69) is 10.3 Å². The average Bonchev–Trinajstić information content (AvgIpc) is 2.36. The summed E-state index contributed by atoms with van der Waals surface area (Å²) in [6, 6.07) is 2.75. The molecule has 0 saturated heterocycles. The van der Waals surface area contributed by atoms with Crippen molar-refractivity contribution < 1.29 is 13.5 Å². The van der Waals surface area contributed by atoms with E-state index in [0.717, 1.165) is 0 Å². The molecule has 1 heterocycles. The lowest BCUT2D eigenvalue weighted by Crippen LogP contribution is -2.38. The molecule has 0 fully saturated rings. The van der Waals surface area contributed by atoms with E-state index in [1.807, 2.05) is 6.92 Å². The molecule has 6 nitrogen and oxygen atoms in total. The lowest BCUT2D eigenvalue weighted by Gasteiger charge is -2.25. The van der Waals surface area contributed by atoms with Gasteiger partial charge in [0.1, 0.15) is 5.82 Å². The molecule has 1 aromatic rings. The standard InChI is InChI=1S/C12H21N3O3S/c1-4-13-12-9-11(5-6-14-12)19(17,18)15(7-8-16)10(2)3/h5-6,9-10,16H,4,7-8H2,1-3H3,(H,13,14). The summed E-state index contributed by atoms with van der Waals surface area (Å²) in [5, 5.41) is 12.0. The van der Waals surface area contributed by atoms with Crippen molar-refractivity contribution >= 4 is 15.8 Å². The molecule has 0 aliphatic carbocycles. The summed E-state index contributed by atoms with van der Waals surface area (Å²) < 4.78 is 26.2. The predicted molar refractivity (Wildman–Crippen MR) is 74.5 cm³/mol. The summed E-state index contributed by atoms with van der Waals surface area (Å²) in [5.41, 5.74) is 0. The zero-order valence-corrected chi connectivity index (χ0v) is 12.3. The van der Waals surface area contributed by atoms with E-state index in [1.54, 1.807) is 13.8 Å². The van der Waals surface area contributed by atoms with Crippen molar-refractivity contribution in [2.24, 2.45) is 0 Å². The monoisotopic (exact) mass is 287 g/mol. The van der Waals surface area contributed by atoms with Gasteiger partial charge in [-0.1, -0.05) is 0 Å². The van der Waals surface area contributed by atoms with E-state index < -0.39 is 10.0 Å². The van der Waals surface area contributed by atoms with Crippen LogP contribution in [-0.2, 0) is 10.0 Å². The van der Waals surface area contributed by atoms with Crippen molar-refractivity contribution in [3.63, 3.8) is 0 Å². The highest BCUT2D eigenvalue weighted by molar-refractivity contribution is 7.89. The number of hydrogen-bond acceptors (Lipinski definition) is 5. The molecule has 108 valence electrons. The van der Waals surface area contributed by atoms with Crippen LogP contribution in [0.15, 0.2) is 23.2 Å². The zero-order chi connectivity index (χ0) is 14.5. The molecule has 1 aromatic heterocycles. The number of anilines is 1. The second-order valence-corrected chi connectivity index (χ2v) is 6.23. The third kappa shape index (κ3) is 3.89. The van der Waals surface area contributed by atoms with Crippen LogP contribution in [0.5, 0.6) is 0 Å². The van der Waals surface area contributed by atoms with Crippen molar-refractivity contribution in [3.05, 3.63) is 18.3 Å². The van der Waals surface area contributed by atoms with Crippen molar-refractivity contribution in [1.82, 2.24) is 9.29 Å². The number of nitrogens with one attached hydrogen (secondary N) is 1. The minimum Gasteiger partial charge on any atom is -0.395 e. The van der Waals surface area contributed by atoms with Crippen molar-refractivity contribution in [3.8, 4) is 0 Å². The predicted octanol–water partition coefficient (Wildman–Crippen LogP) is 0.905. The number of pyridine rings is 1. The molecule has 0 amide bonds. The van der Waals surface area contributed by atoms with Gasteiger partial charge in [-0.05, 0) is 26.8 Å². The number of hydrogen-bond donors (Lipinski definition) is 2. The molecule has 0 radical (unpaired) electrons. The van der Waals surface area contributed by atoms with Gasteiger partial charge in [-0.15, -0.1) is 0 Å². The fourth-order valence-corrected chi connectivity index (χ4v) is 3.38. The molecule has 7 heteroatoms. The average molecular weight is 287 g/mol. The van der Waals surface area contributed by atoms with E-state index in [0.29, 0.717) is 12.4 Å². The van der Waals surface area contributed by atoms with Gasteiger partial charge < -0.3 is 10.4 Å². The Balaban J connectivity index is 3.13. The largest absolute Gasteiger partial charge is 0.395 e. The van der Waals surface area contributed by atoms with E-state index >= 15 is 0 Å². The summed E-state index contributed by atoms with van der Waals surface area (Å²) in [5.74, 6) is 0.524. The van der Waals surface area contributed by atoms with Crippen LogP contribution in [0.2, 0.25) is 0 Å². The molecule has 0 aromatic carbocycles. The summed E-state index contributed by atoms with van der Waals surface area (Å²) >= 11 is 0. The first kappa shape index (κ1) is 15.9. The maximum Gasteiger partial charge on any atom is 0.243 e. The highest BCUT2D eigenvalue weighted by Crippen LogP contribution is 2.19. The van der Waals surface area contributed by atoms with Crippen LogP contribution in [-0.4, -0.2) is 48.6 Å². The normalized spacial score (nSPS) is 12.1. The first-order valence-corrected chi connectivity index (χ1v) is 7.70. The minimum absolute atomic E-state index is 0.0822. The van der Waals surface area contributed by atoms with Gasteiger partial charge in [0.05, 0.1) is 11.5 Å². The highest BCUT2D eigenvalue weighted by atomic mass is 32.2. The Morgan fingerprint density at radius 2 is 2.16 bits per heavy atom. The van der Waals surface area contributed by atoms with Crippen molar-refractivity contribution in [1.29, 1.82) is 0 Å². The molecule has 1 rings (SSSR count). The minimum atomic E-state index is -3.61. The van der Waals surface area contributed by atoms with Gasteiger partial charge in [0.2, 0.25) is 10.0 Å². The van der Waals surface area contributed by atoms with Gasteiger partial charge in [0.25, 0.3) is 0 Å². The van der Waals surface area contributed by atoms with E-state index in [4.69, 9.17) is 5.11 Å². The molecule has 0 spiro atoms. The first-order chi connectivity index (χ1) is 8.93. The maximum absolute atomic E-state index is 12.5. The summed E-state index contributed by atoms with van der Waals surface area (Å²) in [6.45, 7) is 6.01. The molecular weight excluding hydrogens is 266 g/mol. The summed E-state index contributed by atoms with van der Waals surface area (Å²) in [7, 11) is -3.61. The lowest BCUT2D eigenvalue weighted by molar-refractivity contribution is 0.236. The van der Waals surface area contributed by atoms with Crippen molar-refractivity contribution in [2.75, 3.05) is 25.0 Å². The third-order valence-corrected chi connectivity index (χ3v) is 4.66. The molecule has 0 aliphatic heterocycles. The number of sulfonamides is 1. The van der Waals surface area contributed by atoms with Crippen LogP contribution in [0.3, 0.4) is 0 Å². The first-order valence-electron chi connectivity index (χ1n) is 6.26. The Labute approximate surface area is 114 Å². The molecule has 2 N–H and O–H groups in total. The van der Waals surface area contributed by atoms with Crippen LogP contribution in [0, 0.1) is 0 Å². The summed E-state index contributed by atoms with van der Waals surface area (Å²) in [6.07, 6.45) is 1.46. The van der Waals surface area contributed by atoms with Gasteiger partial charge >= 0.3 is 0 Å². The van der Waals surface area contributed by atoms with Crippen LogP contribution in [0.1, 0.15) is 20.8 Å². The second kappa shape index (κ2) is 6.83. The van der Waals surface area contributed by atoms with Crippen LogP contribution < -0.4 is 5.32 Å². The molecule has 0 aliphatic rings. The number of aliphatic hydroxyl groups is 1. The van der Waals surface area contributed by atoms with E-state index in [9.17, 15) is 8.42 Å². The lowest BCUT2D eigenvalue weighted by atomic mass is 10.4. The Hall–Kier alpha value is -1.18. The van der Waals surface area contributed by atoms with Crippen molar-refractivity contribution in [2.45, 2.75) is 31.7 Å². The number of rotatable bonds is 7. The van der Waals surface area contributed by atoms with Crippen LogP contribution in [0.4, 0.5) is 5.82 Å². The van der Waals surface area contributed by atoms with Gasteiger partial charge in [0.15, 0.2) is 0 Å². The Kier molecular flexibility index (Phi) is 5.71. The molecule has 0 saturated carbocycles. The molecule has 19 heavy (non-hydrogen) atoms. The number of aromatic nitrogens is 1. The molecule has 0 atom stereocenters. The smallest absolute Gasteiger partial charge is 0.243 e. The Morgan fingerprint density at radius 3 is 2.68 bits per heavy atom. The molecule has 0 unspecified atom stereocenters. The van der Waals surface area contributed by atoms with Crippen LogP contribution >= 0.6 is 0 Å². The fourth-order valence-electron chi connectivity index (χ4n) is 1.74. The van der Waals surface area contributed by atoms with Gasteiger partial charge in [0, 0.05) is 31.4 Å². The second-order valence-electron chi connectivity index (χ2n) is 4.34. The van der Waals surface area contributed by atoms with E-state index in [1.165, 1.54) is 22.6 Å². The zero-order valence-electron chi connectivity index (χ0n) is 11.5. The molecule has 0 bridgehead atoms. The Bertz CT molecular complexity index is 503. The maximum atomic E-state index is 12.5. The van der Waals surface area contributed by atoms with E-state index in [-0.39, 0.29) is 24.1 Å². The van der Waals surface area contributed by atoms with Gasteiger partial charge in [-0.2, -0.15) is 4.31 Å². The fraction of sp³-hybridized carbons (Fsp3) is 0.583. The third-order valence-electron chi connectivity index (χ3n) is 2.59.